The molecule has 0 aliphatic carbocycles. The SMILES string of the molecule is Clc1ccc(CCNc2ccnc(N3CCC4(CC3)OCCO4)n2)cc1. The standard InChI is InChI=1S/C19H23ClN4O2/c20-16-3-1-15(2-4-16)5-9-21-17-6-10-22-18(23-17)24-11-7-19(8-12-24)25-13-14-26-19/h1-4,6,10H,5,7-9,11-14H2,(H,21,22,23). The Morgan fingerprint density at radius 3 is 2.54 bits per heavy atom. The number of benzene rings is 1. The Bertz CT molecular complexity index is 725. The van der Waals surface area contributed by atoms with Crippen LogP contribution in [0, 0.1) is 0 Å². The number of nitrogens with one attached hydrogen (secondary N) is 1. The van der Waals surface area contributed by atoms with E-state index in [1.54, 1.807) is 6.20 Å². The summed E-state index contributed by atoms with van der Waals surface area (Å²) in [6.45, 7) is 3.89. The highest BCUT2D eigenvalue weighted by atomic mass is 35.5. The first-order valence-corrected chi connectivity index (χ1v) is 9.45. The molecule has 4 rings (SSSR count). The number of hydrogen-bond donors (Lipinski definition) is 1. The maximum absolute atomic E-state index is 5.92. The van der Waals surface area contributed by atoms with Gasteiger partial charge < -0.3 is 19.7 Å². The molecule has 0 bridgehead atoms. The number of ether oxygens (including phenoxy) is 2. The van der Waals surface area contributed by atoms with Crippen molar-refractivity contribution in [3.05, 3.63) is 47.1 Å². The lowest BCUT2D eigenvalue weighted by atomic mass is 10.0. The van der Waals surface area contributed by atoms with Crippen LogP contribution in [0.3, 0.4) is 0 Å². The molecular weight excluding hydrogens is 352 g/mol. The maximum Gasteiger partial charge on any atom is 0.227 e. The Kier molecular flexibility index (Phi) is 5.24. The zero-order valence-electron chi connectivity index (χ0n) is 14.7. The van der Waals surface area contributed by atoms with Gasteiger partial charge in [0.1, 0.15) is 5.82 Å². The summed E-state index contributed by atoms with van der Waals surface area (Å²) in [5, 5.41) is 4.14. The van der Waals surface area contributed by atoms with Crippen LogP contribution in [0.5, 0.6) is 0 Å². The van der Waals surface area contributed by atoms with Gasteiger partial charge in [-0.3, -0.25) is 0 Å². The molecule has 2 aliphatic heterocycles. The van der Waals surface area contributed by atoms with Gasteiger partial charge in [-0.25, -0.2) is 4.98 Å². The van der Waals surface area contributed by atoms with Gasteiger partial charge in [-0.2, -0.15) is 4.98 Å². The average molecular weight is 375 g/mol. The van der Waals surface area contributed by atoms with Crippen LogP contribution >= 0.6 is 11.6 Å². The Hall–Kier alpha value is -1.89. The molecule has 7 heteroatoms. The Morgan fingerprint density at radius 1 is 1.08 bits per heavy atom. The van der Waals surface area contributed by atoms with Gasteiger partial charge in [0, 0.05) is 43.7 Å². The molecule has 0 radical (unpaired) electrons. The lowest BCUT2D eigenvalue weighted by Crippen LogP contribution is -2.45. The van der Waals surface area contributed by atoms with Crippen molar-refractivity contribution < 1.29 is 9.47 Å². The average Bonchev–Trinajstić information content (AvgIpc) is 3.12. The first kappa shape index (κ1) is 17.5. The van der Waals surface area contributed by atoms with Crippen LogP contribution in [-0.4, -0.2) is 48.6 Å². The molecule has 2 aliphatic rings. The molecule has 2 fully saturated rings. The quantitative estimate of drug-likeness (QED) is 0.867. The normalized spacial score (nSPS) is 19.0. The van der Waals surface area contributed by atoms with Gasteiger partial charge in [0.25, 0.3) is 0 Å². The van der Waals surface area contributed by atoms with Crippen LogP contribution in [0.4, 0.5) is 11.8 Å². The van der Waals surface area contributed by atoms with Crippen molar-refractivity contribution in [1.82, 2.24) is 9.97 Å². The second kappa shape index (κ2) is 7.78. The summed E-state index contributed by atoms with van der Waals surface area (Å²) in [6.07, 6.45) is 4.42. The molecule has 2 saturated heterocycles. The van der Waals surface area contributed by atoms with E-state index in [0.29, 0.717) is 13.2 Å². The predicted octanol–water partition coefficient (Wildman–Crippen LogP) is 3.13. The second-order valence-corrected chi connectivity index (χ2v) is 7.08. The third-order valence-corrected chi connectivity index (χ3v) is 5.15. The van der Waals surface area contributed by atoms with Gasteiger partial charge in [0.05, 0.1) is 13.2 Å². The third-order valence-electron chi connectivity index (χ3n) is 4.90. The maximum atomic E-state index is 5.92. The molecule has 6 nitrogen and oxygen atoms in total. The number of halogens is 1. The smallest absolute Gasteiger partial charge is 0.227 e. The molecule has 1 aromatic carbocycles. The lowest BCUT2D eigenvalue weighted by Gasteiger charge is -2.37. The van der Waals surface area contributed by atoms with Crippen molar-refractivity contribution in [1.29, 1.82) is 0 Å². The van der Waals surface area contributed by atoms with Gasteiger partial charge in [-0.1, -0.05) is 23.7 Å². The van der Waals surface area contributed by atoms with Crippen molar-refractivity contribution in [3.8, 4) is 0 Å². The van der Waals surface area contributed by atoms with E-state index in [9.17, 15) is 0 Å². The number of hydrogen-bond acceptors (Lipinski definition) is 6. The summed E-state index contributed by atoms with van der Waals surface area (Å²) < 4.78 is 11.6. The molecule has 2 aromatic rings. The van der Waals surface area contributed by atoms with E-state index in [1.165, 1.54) is 5.56 Å². The van der Waals surface area contributed by atoms with Crippen molar-refractivity contribution in [2.75, 3.05) is 43.1 Å². The summed E-state index contributed by atoms with van der Waals surface area (Å²) in [4.78, 5) is 11.3. The highest BCUT2D eigenvalue weighted by Gasteiger charge is 2.40. The van der Waals surface area contributed by atoms with Gasteiger partial charge in [-0.15, -0.1) is 0 Å². The van der Waals surface area contributed by atoms with E-state index in [1.807, 2.05) is 30.3 Å². The van der Waals surface area contributed by atoms with Crippen LogP contribution in [0.25, 0.3) is 0 Å². The van der Waals surface area contributed by atoms with Gasteiger partial charge in [-0.05, 0) is 30.2 Å². The van der Waals surface area contributed by atoms with Gasteiger partial charge in [0.15, 0.2) is 5.79 Å². The minimum Gasteiger partial charge on any atom is -0.370 e. The van der Waals surface area contributed by atoms with Crippen molar-refractivity contribution >= 4 is 23.4 Å². The van der Waals surface area contributed by atoms with Crippen LogP contribution in [0.15, 0.2) is 36.5 Å². The number of piperidine rings is 1. The van der Waals surface area contributed by atoms with Crippen molar-refractivity contribution in [2.45, 2.75) is 25.0 Å². The molecule has 1 N–H and O–H groups in total. The van der Waals surface area contributed by atoms with E-state index in [-0.39, 0.29) is 5.79 Å². The van der Waals surface area contributed by atoms with Gasteiger partial charge in [0.2, 0.25) is 5.95 Å². The Labute approximate surface area is 158 Å². The van der Waals surface area contributed by atoms with Crippen LogP contribution < -0.4 is 10.2 Å². The van der Waals surface area contributed by atoms with Crippen molar-refractivity contribution in [2.24, 2.45) is 0 Å². The summed E-state index contributed by atoms with van der Waals surface area (Å²) in [5.41, 5.74) is 1.24. The highest BCUT2D eigenvalue weighted by molar-refractivity contribution is 6.30. The van der Waals surface area contributed by atoms with Gasteiger partial charge >= 0.3 is 0 Å². The summed E-state index contributed by atoms with van der Waals surface area (Å²) >= 11 is 5.92. The second-order valence-electron chi connectivity index (χ2n) is 6.64. The zero-order valence-corrected chi connectivity index (χ0v) is 15.4. The molecule has 0 unspecified atom stereocenters. The molecule has 3 heterocycles. The van der Waals surface area contributed by atoms with Crippen LogP contribution in [0.1, 0.15) is 18.4 Å². The molecule has 0 atom stereocenters. The minimum atomic E-state index is -0.370. The summed E-state index contributed by atoms with van der Waals surface area (Å²) in [6, 6.07) is 9.83. The molecule has 26 heavy (non-hydrogen) atoms. The topological polar surface area (TPSA) is 59.5 Å². The predicted molar refractivity (Wildman–Crippen MR) is 102 cm³/mol. The number of aromatic nitrogens is 2. The van der Waals surface area contributed by atoms with E-state index in [4.69, 9.17) is 21.1 Å². The zero-order chi connectivity index (χ0) is 17.8. The monoisotopic (exact) mass is 374 g/mol. The van der Waals surface area contributed by atoms with E-state index in [2.05, 4.69) is 20.2 Å². The number of rotatable bonds is 5. The molecule has 0 saturated carbocycles. The summed E-state index contributed by atoms with van der Waals surface area (Å²) in [7, 11) is 0. The Balaban J connectivity index is 1.31. The molecular formula is C19H23ClN4O2. The molecule has 1 aromatic heterocycles. The van der Waals surface area contributed by atoms with E-state index < -0.39 is 0 Å². The fraction of sp³-hybridized carbons (Fsp3) is 0.474. The largest absolute Gasteiger partial charge is 0.370 e. The first-order valence-electron chi connectivity index (χ1n) is 9.07. The Morgan fingerprint density at radius 2 is 1.81 bits per heavy atom. The lowest BCUT2D eigenvalue weighted by molar-refractivity contribution is -0.169. The summed E-state index contributed by atoms with van der Waals surface area (Å²) in [5.74, 6) is 1.23. The molecule has 1 spiro atoms. The van der Waals surface area contributed by atoms with Crippen LogP contribution in [0.2, 0.25) is 5.02 Å². The number of nitrogens with zero attached hydrogens (tertiary/aromatic N) is 3. The van der Waals surface area contributed by atoms with E-state index in [0.717, 1.165) is 55.7 Å². The van der Waals surface area contributed by atoms with Crippen LogP contribution in [-0.2, 0) is 15.9 Å². The third kappa shape index (κ3) is 4.09. The highest BCUT2D eigenvalue weighted by Crippen LogP contribution is 2.32. The first-order chi connectivity index (χ1) is 12.7. The molecule has 0 amide bonds. The van der Waals surface area contributed by atoms with Crippen molar-refractivity contribution in [3.63, 3.8) is 0 Å². The van der Waals surface area contributed by atoms with E-state index >= 15 is 0 Å². The molecule has 138 valence electrons. The number of anilines is 2. The fourth-order valence-electron chi connectivity index (χ4n) is 3.42. The minimum absolute atomic E-state index is 0.370. The fourth-order valence-corrected chi connectivity index (χ4v) is 3.54.